The molecule has 0 aromatic rings. The number of aliphatic hydroxyl groups excluding tert-OH is 4. The van der Waals surface area contributed by atoms with E-state index in [-0.39, 0.29) is 49.8 Å². The average molecular weight is 536 g/mol. The van der Waals surface area contributed by atoms with E-state index in [4.69, 9.17) is 10.2 Å². The molecular formula is C22H48Cl2N4O6. The van der Waals surface area contributed by atoms with Gasteiger partial charge in [-0.25, -0.2) is 0 Å². The number of hydrogen-bond acceptors (Lipinski definition) is 6. The highest BCUT2D eigenvalue weighted by Crippen LogP contribution is 2.04. The monoisotopic (exact) mass is 534 g/mol. The summed E-state index contributed by atoms with van der Waals surface area (Å²) in [6.45, 7) is 3.16. The van der Waals surface area contributed by atoms with Gasteiger partial charge in [0.15, 0.2) is 0 Å². The Kier molecular flexibility index (Phi) is 22.8. The van der Waals surface area contributed by atoms with Gasteiger partial charge >= 0.3 is 0 Å². The van der Waals surface area contributed by atoms with Crippen LogP contribution in [-0.4, -0.2) is 134 Å². The Morgan fingerprint density at radius 1 is 0.676 bits per heavy atom. The molecule has 2 unspecified atom stereocenters. The summed E-state index contributed by atoms with van der Waals surface area (Å²) in [5.74, 6) is -0.0349. The SMILES string of the molecule is C[N+](C)(CCCNC(=O)CCCCC(=O)NCCC[N+](C)(C)CC(O)CO)CC(O)CO.[Cl-].[Cl-]. The molecule has 0 rings (SSSR count). The predicted octanol–water partition coefficient (Wildman–Crippen LogP) is -7.57. The Morgan fingerprint density at radius 3 is 1.29 bits per heavy atom. The third-order valence-electron chi connectivity index (χ3n) is 5.41. The Labute approximate surface area is 217 Å². The van der Waals surface area contributed by atoms with Crippen molar-refractivity contribution in [2.75, 3.05) is 80.7 Å². The maximum absolute atomic E-state index is 11.9. The van der Waals surface area contributed by atoms with Crippen molar-refractivity contribution in [3.05, 3.63) is 0 Å². The lowest BCUT2D eigenvalue weighted by Gasteiger charge is -2.31. The fraction of sp³-hybridized carbons (Fsp3) is 0.909. The van der Waals surface area contributed by atoms with Crippen LogP contribution in [0.15, 0.2) is 0 Å². The molecule has 0 bridgehead atoms. The molecule has 2 atom stereocenters. The van der Waals surface area contributed by atoms with Crippen LogP contribution in [0.1, 0.15) is 38.5 Å². The minimum atomic E-state index is -0.728. The van der Waals surface area contributed by atoms with Gasteiger partial charge in [-0.2, -0.15) is 0 Å². The molecule has 0 saturated heterocycles. The summed E-state index contributed by atoms with van der Waals surface area (Å²) in [7, 11) is 7.92. The van der Waals surface area contributed by atoms with Crippen LogP contribution in [0.4, 0.5) is 0 Å². The van der Waals surface area contributed by atoms with Gasteiger partial charge in [0.25, 0.3) is 0 Å². The first-order valence-corrected chi connectivity index (χ1v) is 11.7. The molecule has 0 aromatic heterocycles. The van der Waals surface area contributed by atoms with Crippen LogP contribution in [0.3, 0.4) is 0 Å². The van der Waals surface area contributed by atoms with Crippen LogP contribution < -0.4 is 35.4 Å². The first-order chi connectivity index (χ1) is 14.9. The van der Waals surface area contributed by atoms with Crippen molar-refractivity contribution in [1.82, 2.24) is 10.6 Å². The highest BCUT2D eigenvalue weighted by atomic mass is 35.5. The van der Waals surface area contributed by atoms with Crippen molar-refractivity contribution in [2.45, 2.75) is 50.7 Å². The minimum Gasteiger partial charge on any atom is -1.00 e. The molecule has 34 heavy (non-hydrogen) atoms. The number of nitrogens with one attached hydrogen (secondary N) is 2. The summed E-state index contributed by atoms with van der Waals surface area (Å²) < 4.78 is 1.15. The van der Waals surface area contributed by atoms with E-state index in [1.807, 2.05) is 28.2 Å². The number of rotatable bonds is 19. The molecule has 2 amide bonds. The van der Waals surface area contributed by atoms with Crippen LogP contribution in [0.5, 0.6) is 0 Å². The van der Waals surface area contributed by atoms with E-state index in [0.29, 0.717) is 60.8 Å². The van der Waals surface area contributed by atoms with Gasteiger partial charge in [-0.05, 0) is 12.8 Å². The summed E-state index contributed by atoms with van der Waals surface area (Å²) in [4.78, 5) is 23.8. The molecule has 0 saturated carbocycles. The van der Waals surface area contributed by atoms with E-state index >= 15 is 0 Å². The summed E-state index contributed by atoms with van der Waals surface area (Å²) in [6, 6.07) is 0. The van der Waals surface area contributed by atoms with Crippen molar-refractivity contribution in [3.63, 3.8) is 0 Å². The smallest absolute Gasteiger partial charge is 0.219 e. The Hall–Kier alpha value is -0.720. The molecule has 0 fully saturated rings. The van der Waals surface area contributed by atoms with Crippen LogP contribution in [0.2, 0.25) is 0 Å². The number of carbonyl (C=O) groups excluding carboxylic acids is 2. The van der Waals surface area contributed by atoms with Gasteiger partial charge in [-0.3, -0.25) is 9.59 Å². The van der Waals surface area contributed by atoms with Crippen molar-refractivity contribution in [3.8, 4) is 0 Å². The first-order valence-electron chi connectivity index (χ1n) is 11.7. The van der Waals surface area contributed by atoms with Crippen LogP contribution in [0, 0.1) is 0 Å². The number of likely N-dealkylation sites (N-methyl/N-ethyl adjacent to an activating group) is 2. The third-order valence-corrected chi connectivity index (χ3v) is 5.41. The Morgan fingerprint density at radius 2 is 1.00 bits per heavy atom. The van der Waals surface area contributed by atoms with Crippen LogP contribution in [-0.2, 0) is 9.59 Å². The Balaban J connectivity index is -0.00000480. The largest absolute Gasteiger partial charge is 1.00 e. The van der Waals surface area contributed by atoms with Crippen LogP contribution >= 0.6 is 0 Å². The number of quaternary nitrogens is 2. The molecule has 6 N–H and O–H groups in total. The summed E-state index contributed by atoms with van der Waals surface area (Å²) in [5.41, 5.74) is 0. The second-order valence-corrected chi connectivity index (χ2v) is 9.97. The van der Waals surface area contributed by atoms with Crippen molar-refractivity contribution < 1.29 is 63.8 Å². The lowest BCUT2D eigenvalue weighted by Crippen LogP contribution is -3.00. The summed E-state index contributed by atoms with van der Waals surface area (Å²) in [5, 5.41) is 42.7. The maximum atomic E-state index is 11.9. The van der Waals surface area contributed by atoms with E-state index in [2.05, 4.69) is 10.6 Å². The zero-order valence-corrected chi connectivity index (χ0v) is 22.8. The van der Waals surface area contributed by atoms with E-state index in [9.17, 15) is 19.8 Å². The van der Waals surface area contributed by atoms with E-state index < -0.39 is 12.2 Å². The van der Waals surface area contributed by atoms with Crippen LogP contribution in [0.25, 0.3) is 0 Å². The van der Waals surface area contributed by atoms with Crippen molar-refractivity contribution >= 4 is 11.8 Å². The number of amides is 2. The van der Waals surface area contributed by atoms with Crippen molar-refractivity contribution in [1.29, 1.82) is 0 Å². The molecule has 0 aliphatic heterocycles. The lowest BCUT2D eigenvalue weighted by molar-refractivity contribution is -0.893. The zero-order chi connectivity index (χ0) is 24.6. The number of hydrogen-bond donors (Lipinski definition) is 6. The Bertz CT molecular complexity index is 496. The van der Waals surface area contributed by atoms with Gasteiger partial charge in [0.1, 0.15) is 25.3 Å². The van der Waals surface area contributed by atoms with Gasteiger partial charge in [-0.1, -0.05) is 0 Å². The molecule has 0 aliphatic rings. The van der Waals surface area contributed by atoms with Gasteiger partial charge in [0, 0.05) is 38.8 Å². The number of nitrogens with zero attached hydrogens (tertiary/aromatic N) is 2. The van der Waals surface area contributed by atoms with E-state index in [1.54, 1.807) is 0 Å². The number of carbonyl (C=O) groups is 2. The third kappa shape index (κ3) is 21.8. The molecule has 12 heteroatoms. The topological polar surface area (TPSA) is 139 Å². The first kappa shape index (κ1) is 37.8. The molecule has 206 valence electrons. The molecule has 0 aromatic carbocycles. The quantitative estimate of drug-likeness (QED) is 0.0718. The minimum absolute atomic E-state index is 0. The zero-order valence-electron chi connectivity index (χ0n) is 21.3. The number of aliphatic hydroxyl groups is 4. The molecule has 0 aliphatic carbocycles. The standard InChI is InChI=1S/C22H46N4O6.2ClH/c1-25(2,15-19(29)17-27)13-7-11-23-21(31)9-5-6-10-22(32)24-12-8-14-26(3,4)16-20(30)18-28;;/h19-20,27-30H,5-18H2,1-4H3;2*1H. The van der Waals surface area contributed by atoms with Gasteiger partial charge < -0.3 is 64.8 Å². The molecule has 0 heterocycles. The normalized spacial score (nSPS) is 13.3. The molecule has 10 nitrogen and oxygen atoms in total. The fourth-order valence-electron chi connectivity index (χ4n) is 3.66. The number of unbranched alkanes of at least 4 members (excludes halogenated alkanes) is 1. The second-order valence-electron chi connectivity index (χ2n) is 9.97. The second kappa shape index (κ2) is 20.5. The molecule has 0 radical (unpaired) electrons. The summed E-state index contributed by atoms with van der Waals surface area (Å²) in [6.07, 6.45) is 2.23. The van der Waals surface area contributed by atoms with Gasteiger partial charge in [-0.15, -0.1) is 0 Å². The highest BCUT2D eigenvalue weighted by molar-refractivity contribution is 5.77. The lowest BCUT2D eigenvalue weighted by atomic mass is 10.1. The van der Waals surface area contributed by atoms with E-state index in [1.165, 1.54) is 0 Å². The predicted molar refractivity (Wildman–Crippen MR) is 124 cm³/mol. The molecular weight excluding hydrogens is 487 g/mol. The van der Waals surface area contributed by atoms with Gasteiger partial charge in [0.2, 0.25) is 11.8 Å². The highest BCUT2D eigenvalue weighted by Gasteiger charge is 2.20. The summed E-state index contributed by atoms with van der Waals surface area (Å²) >= 11 is 0. The van der Waals surface area contributed by atoms with Crippen molar-refractivity contribution in [2.24, 2.45) is 0 Å². The number of halogens is 2. The average Bonchev–Trinajstić information content (AvgIpc) is 2.71. The maximum Gasteiger partial charge on any atom is 0.219 e. The molecule has 0 spiro atoms. The van der Waals surface area contributed by atoms with Gasteiger partial charge in [0.05, 0.1) is 54.5 Å². The fourth-order valence-corrected chi connectivity index (χ4v) is 3.66. The van der Waals surface area contributed by atoms with E-state index in [0.717, 1.165) is 25.9 Å².